The quantitative estimate of drug-likeness (QED) is 0.801. The lowest BCUT2D eigenvalue weighted by atomic mass is 10.0. The van der Waals surface area contributed by atoms with Crippen LogP contribution in [0.1, 0.15) is 31.7 Å². The normalized spacial score (nSPS) is 12.2. The summed E-state index contributed by atoms with van der Waals surface area (Å²) < 4.78 is 0. The fraction of sp³-hybridized carbons (Fsp3) is 0.571. The van der Waals surface area contributed by atoms with Gasteiger partial charge in [0.1, 0.15) is 0 Å². The van der Waals surface area contributed by atoms with Crippen LogP contribution in [0.4, 0.5) is 0 Å². The molecular formula is C14H23N3O. The lowest BCUT2D eigenvalue weighted by Gasteiger charge is -2.18. The molecule has 1 unspecified atom stereocenters. The van der Waals surface area contributed by atoms with Crippen molar-refractivity contribution in [2.24, 2.45) is 11.7 Å². The Bertz CT molecular complexity index is 353. The van der Waals surface area contributed by atoms with Crippen molar-refractivity contribution in [1.29, 1.82) is 0 Å². The molecule has 2 N–H and O–H groups in total. The van der Waals surface area contributed by atoms with Gasteiger partial charge in [0.2, 0.25) is 5.91 Å². The van der Waals surface area contributed by atoms with Crippen molar-refractivity contribution in [1.82, 2.24) is 9.88 Å². The first-order valence-corrected chi connectivity index (χ1v) is 6.46. The van der Waals surface area contributed by atoms with Crippen LogP contribution in [-0.4, -0.2) is 29.4 Å². The predicted octanol–water partition coefficient (Wildman–Crippen LogP) is 1.81. The molecule has 1 aromatic heterocycles. The van der Waals surface area contributed by atoms with Crippen molar-refractivity contribution < 1.29 is 4.79 Å². The molecule has 0 bridgehead atoms. The predicted molar refractivity (Wildman–Crippen MR) is 72.8 cm³/mol. The zero-order chi connectivity index (χ0) is 13.4. The minimum absolute atomic E-state index is 0.190. The van der Waals surface area contributed by atoms with E-state index in [4.69, 9.17) is 5.73 Å². The molecule has 0 spiro atoms. The van der Waals surface area contributed by atoms with Gasteiger partial charge in [-0.1, -0.05) is 6.92 Å². The maximum Gasteiger partial charge on any atom is 0.222 e. The van der Waals surface area contributed by atoms with Crippen molar-refractivity contribution in [2.45, 2.75) is 32.7 Å². The Kier molecular flexibility index (Phi) is 6.36. The van der Waals surface area contributed by atoms with Crippen molar-refractivity contribution in [2.75, 3.05) is 13.6 Å². The fourth-order valence-corrected chi connectivity index (χ4v) is 1.84. The molecule has 0 saturated heterocycles. The van der Waals surface area contributed by atoms with Gasteiger partial charge >= 0.3 is 0 Å². The van der Waals surface area contributed by atoms with Crippen LogP contribution in [0.5, 0.6) is 0 Å². The van der Waals surface area contributed by atoms with Gasteiger partial charge in [0, 0.05) is 32.4 Å². The van der Waals surface area contributed by atoms with Crippen LogP contribution < -0.4 is 5.73 Å². The van der Waals surface area contributed by atoms with E-state index in [1.165, 1.54) is 0 Å². The summed E-state index contributed by atoms with van der Waals surface area (Å²) >= 11 is 0. The Hall–Kier alpha value is -1.42. The lowest BCUT2D eigenvalue weighted by molar-refractivity contribution is -0.130. The number of nitrogens with zero attached hydrogens (tertiary/aromatic N) is 2. The Labute approximate surface area is 109 Å². The molecule has 1 aromatic rings. The Morgan fingerprint density at radius 1 is 1.39 bits per heavy atom. The number of nitrogens with two attached hydrogens (primary N) is 1. The molecule has 100 valence electrons. The van der Waals surface area contributed by atoms with Crippen molar-refractivity contribution in [3.63, 3.8) is 0 Å². The van der Waals surface area contributed by atoms with E-state index < -0.39 is 0 Å². The topological polar surface area (TPSA) is 59.2 Å². The molecule has 0 radical (unpaired) electrons. The van der Waals surface area contributed by atoms with E-state index in [9.17, 15) is 4.79 Å². The summed E-state index contributed by atoms with van der Waals surface area (Å²) in [6.07, 6.45) is 5.99. The van der Waals surface area contributed by atoms with E-state index in [1.807, 2.05) is 19.2 Å². The van der Waals surface area contributed by atoms with Crippen LogP contribution in [-0.2, 0) is 11.3 Å². The maximum absolute atomic E-state index is 11.9. The van der Waals surface area contributed by atoms with Gasteiger partial charge in [0.05, 0.1) is 0 Å². The monoisotopic (exact) mass is 249 g/mol. The second-order valence-electron chi connectivity index (χ2n) is 4.83. The molecule has 1 heterocycles. The third-order valence-electron chi connectivity index (χ3n) is 3.11. The van der Waals surface area contributed by atoms with Crippen LogP contribution in [0.2, 0.25) is 0 Å². The molecule has 18 heavy (non-hydrogen) atoms. The largest absolute Gasteiger partial charge is 0.341 e. The Morgan fingerprint density at radius 2 is 2.06 bits per heavy atom. The summed E-state index contributed by atoms with van der Waals surface area (Å²) in [5.41, 5.74) is 6.60. The smallest absolute Gasteiger partial charge is 0.222 e. The molecule has 4 nitrogen and oxygen atoms in total. The van der Waals surface area contributed by atoms with Crippen molar-refractivity contribution in [3.8, 4) is 0 Å². The first-order valence-electron chi connectivity index (χ1n) is 6.46. The lowest BCUT2D eigenvalue weighted by Crippen LogP contribution is -2.26. The molecule has 1 atom stereocenters. The summed E-state index contributed by atoms with van der Waals surface area (Å²) in [5.74, 6) is 0.712. The van der Waals surface area contributed by atoms with Gasteiger partial charge in [-0.15, -0.1) is 0 Å². The van der Waals surface area contributed by atoms with Gasteiger partial charge < -0.3 is 10.6 Å². The Morgan fingerprint density at radius 3 is 2.67 bits per heavy atom. The van der Waals surface area contributed by atoms with E-state index in [1.54, 1.807) is 17.3 Å². The molecule has 0 aliphatic heterocycles. The second-order valence-corrected chi connectivity index (χ2v) is 4.83. The van der Waals surface area contributed by atoms with E-state index in [-0.39, 0.29) is 5.91 Å². The van der Waals surface area contributed by atoms with E-state index in [0.717, 1.165) is 18.4 Å². The van der Waals surface area contributed by atoms with Crippen molar-refractivity contribution >= 4 is 5.91 Å². The van der Waals surface area contributed by atoms with Gasteiger partial charge in [-0.2, -0.15) is 0 Å². The van der Waals surface area contributed by atoms with Crippen LogP contribution in [0, 0.1) is 5.92 Å². The molecule has 1 amide bonds. The zero-order valence-corrected chi connectivity index (χ0v) is 11.3. The van der Waals surface area contributed by atoms with E-state index in [2.05, 4.69) is 11.9 Å². The third kappa shape index (κ3) is 5.27. The minimum Gasteiger partial charge on any atom is -0.341 e. The SMILES string of the molecule is CC(CCN)CCC(=O)N(C)Cc1ccncc1. The van der Waals surface area contributed by atoms with E-state index >= 15 is 0 Å². The van der Waals surface area contributed by atoms with Crippen LogP contribution >= 0.6 is 0 Å². The summed E-state index contributed by atoms with van der Waals surface area (Å²) in [5, 5.41) is 0. The molecule has 1 rings (SSSR count). The third-order valence-corrected chi connectivity index (χ3v) is 3.11. The molecule has 0 aliphatic rings. The van der Waals surface area contributed by atoms with Crippen LogP contribution in [0.25, 0.3) is 0 Å². The highest BCUT2D eigenvalue weighted by atomic mass is 16.2. The van der Waals surface area contributed by atoms with Crippen molar-refractivity contribution in [3.05, 3.63) is 30.1 Å². The minimum atomic E-state index is 0.190. The number of carbonyl (C=O) groups excluding carboxylic acids is 1. The second kappa shape index (κ2) is 7.82. The zero-order valence-electron chi connectivity index (χ0n) is 11.3. The van der Waals surface area contributed by atoms with Gasteiger partial charge in [-0.3, -0.25) is 9.78 Å². The molecule has 0 fully saturated rings. The number of aromatic nitrogens is 1. The van der Waals surface area contributed by atoms with Crippen LogP contribution in [0.15, 0.2) is 24.5 Å². The number of rotatable bonds is 7. The molecule has 0 saturated carbocycles. The van der Waals surface area contributed by atoms with E-state index in [0.29, 0.717) is 25.4 Å². The first kappa shape index (κ1) is 14.6. The first-order chi connectivity index (χ1) is 8.63. The average molecular weight is 249 g/mol. The fourth-order valence-electron chi connectivity index (χ4n) is 1.84. The average Bonchev–Trinajstić information content (AvgIpc) is 2.37. The highest BCUT2D eigenvalue weighted by Gasteiger charge is 2.11. The molecular weight excluding hydrogens is 226 g/mol. The highest BCUT2D eigenvalue weighted by molar-refractivity contribution is 5.75. The van der Waals surface area contributed by atoms with Gasteiger partial charge in [0.15, 0.2) is 0 Å². The Balaban J connectivity index is 2.33. The number of hydrogen-bond acceptors (Lipinski definition) is 3. The number of amides is 1. The van der Waals surface area contributed by atoms with Crippen LogP contribution in [0.3, 0.4) is 0 Å². The van der Waals surface area contributed by atoms with Gasteiger partial charge in [-0.25, -0.2) is 0 Å². The summed E-state index contributed by atoms with van der Waals surface area (Å²) in [6.45, 7) is 3.48. The summed E-state index contributed by atoms with van der Waals surface area (Å²) in [6, 6.07) is 3.86. The number of pyridine rings is 1. The standard InChI is InChI=1S/C14H23N3O/c1-12(5-8-15)3-4-14(18)17(2)11-13-6-9-16-10-7-13/h6-7,9-10,12H,3-5,8,11,15H2,1-2H3. The summed E-state index contributed by atoms with van der Waals surface area (Å²) in [7, 11) is 1.84. The highest BCUT2D eigenvalue weighted by Crippen LogP contribution is 2.11. The van der Waals surface area contributed by atoms with Gasteiger partial charge in [0.25, 0.3) is 0 Å². The maximum atomic E-state index is 11.9. The molecule has 4 heteroatoms. The number of hydrogen-bond donors (Lipinski definition) is 1. The molecule has 0 aliphatic carbocycles. The van der Waals surface area contributed by atoms with Gasteiger partial charge in [-0.05, 0) is 43.0 Å². The number of carbonyl (C=O) groups is 1. The molecule has 0 aromatic carbocycles. The summed E-state index contributed by atoms with van der Waals surface area (Å²) in [4.78, 5) is 17.7.